The Balaban J connectivity index is 0.00000200. The molecule has 2 heterocycles. The monoisotopic (exact) mass is 288 g/mol. The van der Waals surface area contributed by atoms with Crippen molar-refractivity contribution in [1.29, 1.82) is 0 Å². The van der Waals surface area contributed by atoms with E-state index in [0.717, 1.165) is 4.57 Å². The molecule has 0 saturated heterocycles. The van der Waals surface area contributed by atoms with Gasteiger partial charge in [-0.05, 0) is 11.8 Å². The average Bonchev–Trinajstić information content (AvgIpc) is 2.76. The molecule has 7 nitrogen and oxygen atoms in total. The predicted molar refractivity (Wildman–Crippen MR) is 66.9 cm³/mol. The molecule has 2 aliphatic rings. The third-order valence-electron chi connectivity index (χ3n) is 2.79. The van der Waals surface area contributed by atoms with E-state index in [1.54, 1.807) is 0 Å². The molecule has 0 aromatic heterocycles. The number of hydrogen-bond donors (Lipinski definition) is 0. The van der Waals surface area contributed by atoms with Crippen molar-refractivity contribution < 1.29 is 39.4 Å². The fraction of sp³-hybridized carbons (Fsp3) is 0.583. The SMILES string of the molecule is COCc1nc2c([O-])n(C)c(=O)n(CC(C)C)c-2n1.[Na+]. The van der Waals surface area contributed by atoms with E-state index in [1.165, 1.54) is 18.7 Å². The minimum Gasteiger partial charge on any atom is -0.858 e. The van der Waals surface area contributed by atoms with Crippen molar-refractivity contribution in [2.24, 2.45) is 13.0 Å². The van der Waals surface area contributed by atoms with E-state index in [1.807, 2.05) is 13.8 Å². The topological polar surface area (TPSA) is 85.0 Å². The molecular weight excluding hydrogens is 271 g/mol. The van der Waals surface area contributed by atoms with Crippen molar-refractivity contribution in [3.8, 4) is 17.4 Å². The molecule has 20 heavy (non-hydrogen) atoms. The number of hydrogen-bond acceptors (Lipinski definition) is 5. The summed E-state index contributed by atoms with van der Waals surface area (Å²) in [6, 6.07) is 0. The summed E-state index contributed by atoms with van der Waals surface area (Å²) in [7, 11) is 2.98. The van der Waals surface area contributed by atoms with Crippen LogP contribution in [0.15, 0.2) is 4.79 Å². The molecule has 0 fully saturated rings. The van der Waals surface area contributed by atoms with E-state index in [0.29, 0.717) is 18.2 Å². The molecule has 0 bridgehead atoms. The molecule has 0 amide bonds. The van der Waals surface area contributed by atoms with Crippen LogP contribution in [0.4, 0.5) is 0 Å². The van der Waals surface area contributed by atoms with Crippen molar-refractivity contribution in [3.63, 3.8) is 0 Å². The molecule has 8 heteroatoms. The predicted octanol–water partition coefficient (Wildman–Crippen LogP) is -3.04. The van der Waals surface area contributed by atoms with Gasteiger partial charge in [0.2, 0.25) is 0 Å². The van der Waals surface area contributed by atoms with Crippen LogP contribution in [0.5, 0.6) is 5.88 Å². The van der Waals surface area contributed by atoms with E-state index < -0.39 is 5.88 Å². The Hall–Kier alpha value is -0.890. The van der Waals surface area contributed by atoms with Crippen LogP contribution in [-0.2, 0) is 24.9 Å². The molecule has 0 atom stereocenters. The molecule has 0 unspecified atom stereocenters. The molecule has 0 saturated carbocycles. The molecule has 104 valence electrons. The minimum atomic E-state index is -0.421. The smallest absolute Gasteiger partial charge is 0.858 e. The van der Waals surface area contributed by atoms with Crippen molar-refractivity contribution in [1.82, 2.24) is 19.1 Å². The Morgan fingerprint density at radius 2 is 2.00 bits per heavy atom. The zero-order valence-electron chi connectivity index (χ0n) is 12.5. The quantitative estimate of drug-likeness (QED) is 0.558. The number of methoxy groups -OCH3 is 1. The summed E-state index contributed by atoms with van der Waals surface area (Å²) in [5.41, 5.74) is -0.148. The Morgan fingerprint density at radius 1 is 1.35 bits per heavy atom. The van der Waals surface area contributed by atoms with Crippen LogP contribution in [0.2, 0.25) is 0 Å². The molecule has 0 aliphatic carbocycles. The first-order chi connectivity index (χ1) is 8.95. The van der Waals surface area contributed by atoms with E-state index in [9.17, 15) is 9.90 Å². The van der Waals surface area contributed by atoms with Gasteiger partial charge in [-0.3, -0.25) is 4.57 Å². The first kappa shape index (κ1) is 17.2. The average molecular weight is 288 g/mol. The van der Waals surface area contributed by atoms with Crippen LogP contribution >= 0.6 is 0 Å². The van der Waals surface area contributed by atoms with Crippen LogP contribution in [0.3, 0.4) is 0 Å². The summed E-state index contributed by atoms with van der Waals surface area (Å²) in [5, 5.41) is 12.0. The van der Waals surface area contributed by atoms with Crippen LogP contribution in [-0.4, -0.2) is 26.2 Å². The largest absolute Gasteiger partial charge is 1.00 e. The van der Waals surface area contributed by atoms with Crippen LogP contribution in [0.25, 0.3) is 11.5 Å². The number of ether oxygens (including phenoxy) is 1. The van der Waals surface area contributed by atoms with E-state index in [4.69, 9.17) is 4.74 Å². The number of imidazole rings is 1. The van der Waals surface area contributed by atoms with Gasteiger partial charge in [0.25, 0.3) is 0 Å². The molecular formula is C12H17N4NaO3. The zero-order valence-corrected chi connectivity index (χ0v) is 14.5. The van der Waals surface area contributed by atoms with Gasteiger partial charge in [-0.2, -0.15) is 0 Å². The van der Waals surface area contributed by atoms with Gasteiger partial charge in [-0.25, -0.2) is 14.8 Å². The molecule has 2 aliphatic heterocycles. The Morgan fingerprint density at radius 3 is 2.55 bits per heavy atom. The maximum Gasteiger partial charge on any atom is 1.00 e. The molecule has 0 aromatic carbocycles. The van der Waals surface area contributed by atoms with Crippen LogP contribution in [0, 0.1) is 5.92 Å². The number of aromatic nitrogens is 4. The molecule has 0 radical (unpaired) electrons. The summed E-state index contributed by atoms with van der Waals surface area (Å²) < 4.78 is 7.52. The third kappa shape index (κ3) is 3.06. The van der Waals surface area contributed by atoms with E-state index >= 15 is 0 Å². The van der Waals surface area contributed by atoms with Crippen molar-refractivity contribution in [2.45, 2.75) is 27.0 Å². The first-order valence-corrected chi connectivity index (χ1v) is 6.07. The molecule has 2 rings (SSSR count). The van der Waals surface area contributed by atoms with Crippen molar-refractivity contribution in [3.05, 3.63) is 16.3 Å². The maximum atomic E-state index is 12.1. The second-order valence-corrected chi connectivity index (χ2v) is 4.90. The number of fused-ring (bicyclic) bond motifs is 1. The number of rotatable bonds is 4. The first-order valence-electron chi connectivity index (χ1n) is 6.07. The third-order valence-corrected chi connectivity index (χ3v) is 2.79. The number of nitrogens with zero attached hydrogens (tertiary/aromatic N) is 4. The van der Waals surface area contributed by atoms with Crippen LogP contribution < -0.4 is 40.4 Å². The standard InChI is InChI=1S/C12H18N4O3.Na/c1-7(2)5-16-10-9(11(17)15(3)12(16)18)13-8(14-10)6-19-4;/h7,17H,5-6H2,1-4H3;/q;+1/p-1. The second kappa shape index (κ2) is 6.71. The van der Waals surface area contributed by atoms with Gasteiger partial charge in [-0.1, -0.05) is 13.8 Å². The summed E-state index contributed by atoms with van der Waals surface area (Å²) in [6.45, 7) is 4.70. The molecule has 0 N–H and O–H groups in total. The van der Waals surface area contributed by atoms with Gasteiger partial charge in [-0.15, -0.1) is 0 Å². The van der Waals surface area contributed by atoms with Gasteiger partial charge >= 0.3 is 35.2 Å². The van der Waals surface area contributed by atoms with Gasteiger partial charge in [0.1, 0.15) is 12.3 Å². The van der Waals surface area contributed by atoms with Gasteiger partial charge in [0.05, 0.1) is 0 Å². The second-order valence-electron chi connectivity index (χ2n) is 4.90. The molecule has 0 aromatic rings. The fourth-order valence-corrected chi connectivity index (χ4v) is 1.95. The Kier molecular flexibility index (Phi) is 5.76. The summed E-state index contributed by atoms with van der Waals surface area (Å²) >= 11 is 0. The summed E-state index contributed by atoms with van der Waals surface area (Å²) in [4.78, 5) is 20.5. The summed E-state index contributed by atoms with van der Waals surface area (Å²) in [6.07, 6.45) is 0. The van der Waals surface area contributed by atoms with Crippen molar-refractivity contribution >= 4 is 0 Å². The van der Waals surface area contributed by atoms with Gasteiger partial charge in [0.15, 0.2) is 11.6 Å². The van der Waals surface area contributed by atoms with Gasteiger partial charge < -0.3 is 14.4 Å². The maximum absolute atomic E-state index is 12.1. The van der Waals surface area contributed by atoms with Crippen LogP contribution in [0.1, 0.15) is 19.7 Å². The molecule has 0 spiro atoms. The fourth-order valence-electron chi connectivity index (χ4n) is 1.95. The minimum absolute atomic E-state index is 0. The van der Waals surface area contributed by atoms with Crippen molar-refractivity contribution in [2.75, 3.05) is 7.11 Å². The van der Waals surface area contributed by atoms with Gasteiger partial charge in [0, 0.05) is 20.7 Å². The summed E-state index contributed by atoms with van der Waals surface area (Å²) in [5.74, 6) is 0.599. The Bertz CT molecular complexity index is 620. The van der Waals surface area contributed by atoms with E-state index in [2.05, 4.69) is 9.97 Å². The normalized spacial score (nSPS) is 11.1. The van der Waals surface area contributed by atoms with E-state index in [-0.39, 0.29) is 53.5 Å². The Labute approximate surface area is 139 Å². The zero-order chi connectivity index (χ0) is 14.2.